The SMILES string of the molecule is O=C1CCC(COc2ccc3ncc(-c4cc5c(NCCCO)nccc5o4)n3n2)N1. The van der Waals surface area contributed by atoms with E-state index in [0.29, 0.717) is 60.4 Å². The van der Waals surface area contributed by atoms with Gasteiger partial charge in [-0.1, -0.05) is 0 Å². The van der Waals surface area contributed by atoms with Crippen molar-refractivity contribution in [1.82, 2.24) is 24.9 Å². The predicted molar refractivity (Wildman–Crippen MR) is 113 cm³/mol. The molecule has 1 aliphatic rings. The molecule has 1 unspecified atom stereocenters. The number of anilines is 1. The largest absolute Gasteiger partial charge is 0.474 e. The molecule has 3 N–H and O–H groups in total. The minimum atomic E-state index is 0.00637. The lowest BCUT2D eigenvalue weighted by Gasteiger charge is -2.11. The molecule has 0 saturated carbocycles. The molecule has 5 rings (SSSR count). The summed E-state index contributed by atoms with van der Waals surface area (Å²) in [5, 5.41) is 20.5. The van der Waals surface area contributed by atoms with Crippen LogP contribution in [0.4, 0.5) is 5.82 Å². The normalized spacial score (nSPS) is 16.2. The highest BCUT2D eigenvalue weighted by atomic mass is 16.5. The third-order valence-corrected chi connectivity index (χ3v) is 5.18. The van der Waals surface area contributed by atoms with E-state index in [1.165, 1.54) is 0 Å². The summed E-state index contributed by atoms with van der Waals surface area (Å²) in [7, 11) is 0. The van der Waals surface area contributed by atoms with Crippen molar-refractivity contribution in [2.75, 3.05) is 25.1 Å². The molecule has 10 nitrogen and oxygen atoms in total. The molecular weight excluding hydrogens is 400 g/mol. The van der Waals surface area contributed by atoms with E-state index >= 15 is 0 Å². The molecule has 0 aliphatic carbocycles. The highest BCUT2D eigenvalue weighted by molar-refractivity contribution is 5.91. The zero-order chi connectivity index (χ0) is 21.2. The van der Waals surface area contributed by atoms with Crippen LogP contribution in [0.1, 0.15) is 19.3 Å². The van der Waals surface area contributed by atoms with E-state index in [-0.39, 0.29) is 18.6 Å². The Morgan fingerprint density at radius 1 is 1.32 bits per heavy atom. The molecule has 0 radical (unpaired) electrons. The maximum absolute atomic E-state index is 11.4. The number of hydrogen-bond acceptors (Lipinski definition) is 8. The van der Waals surface area contributed by atoms with Crippen LogP contribution in [0.2, 0.25) is 0 Å². The maximum atomic E-state index is 11.4. The number of carbonyl (C=O) groups is 1. The molecule has 1 atom stereocenters. The van der Waals surface area contributed by atoms with Crippen LogP contribution in [0.25, 0.3) is 28.1 Å². The average Bonchev–Trinajstić information content (AvgIpc) is 3.50. The Bertz CT molecular complexity index is 1230. The molecule has 4 aromatic heterocycles. The van der Waals surface area contributed by atoms with Crippen LogP contribution in [0.5, 0.6) is 5.88 Å². The molecule has 1 saturated heterocycles. The maximum Gasteiger partial charge on any atom is 0.231 e. The number of hydrogen-bond donors (Lipinski definition) is 3. The van der Waals surface area contributed by atoms with Crippen molar-refractivity contribution >= 4 is 28.3 Å². The van der Waals surface area contributed by atoms with Gasteiger partial charge in [0.25, 0.3) is 0 Å². The van der Waals surface area contributed by atoms with E-state index in [0.717, 1.165) is 11.8 Å². The van der Waals surface area contributed by atoms with Crippen molar-refractivity contribution in [2.24, 2.45) is 0 Å². The van der Waals surface area contributed by atoms with Crippen LogP contribution in [-0.2, 0) is 4.79 Å². The van der Waals surface area contributed by atoms with Crippen LogP contribution < -0.4 is 15.4 Å². The number of imidazole rings is 1. The topological polar surface area (TPSA) is 127 Å². The van der Waals surface area contributed by atoms with Crippen molar-refractivity contribution in [2.45, 2.75) is 25.3 Å². The van der Waals surface area contributed by atoms with Gasteiger partial charge in [0, 0.05) is 31.8 Å². The number of rotatable bonds is 8. The van der Waals surface area contributed by atoms with Gasteiger partial charge in [-0.15, -0.1) is 5.10 Å². The summed E-state index contributed by atoms with van der Waals surface area (Å²) in [6.45, 7) is 1.10. The smallest absolute Gasteiger partial charge is 0.231 e. The Labute approximate surface area is 177 Å². The van der Waals surface area contributed by atoms with Crippen LogP contribution in [-0.4, -0.2) is 56.4 Å². The van der Waals surface area contributed by atoms with Gasteiger partial charge < -0.3 is 24.9 Å². The lowest BCUT2D eigenvalue weighted by molar-refractivity contribution is -0.119. The Morgan fingerprint density at radius 3 is 3.10 bits per heavy atom. The number of aliphatic hydroxyl groups is 1. The average molecular weight is 422 g/mol. The second kappa shape index (κ2) is 8.23. The summed E-state index contributed by atoms with van der Waals surface area (Å²) < 4.78 is 13.5. The van der Waals surface area contributed by atoms with Crippen LogP contribution in [0.3, 0.4) is 0 Å². The summed E-state index contributed by atoms with van der Waals surface area (Å²) >= 11 is 0. The van der Waals surface area contributed by atoms with E-state index in [2.05, 4.69) is 25.7 Å². The Kier molecular flexibility index (Phi) is 5.13. The van der Waals surface area contributed by atoms with Crippen LogP contribution in [0, 0.1) is 0 Å². The number of ether oxygens (including phenoxy) is 1. The monoisotopic (exact) mass is 422 g/mol. The molecule has 31 heavy (non-hydrogen) atoms. The van der Waals surface area contributed by atoms with Gasteiger partial charge in [0.15, 0.2) is 11.4 Å². The number of fused-ring (bicyclic) bond motifs is 2. The van der Waals surface area contributed by atoms with Crippen molar-refractivity contribution in [1.29, 1.82) is 0 Å². The summed E-state index contributed by atoms with van der Waals surface area (Å²) in [6, 6.07) is 7.29. The number of pyridine rings is 1. The van der Waals surface area contributed by atoms with Gasteiger partial charge in [0.1, 0.15) is 23.7 Å². The molecular formula is C21H22N6O4. The zero-order valence-corrected chi connectivity index (χ0v) is 16.7. The number of aromatic nitrogens is 4. The van der Waals surface area contributed by atoms with Gasteiger partial charge in [-0.2, -0.15) is 0 Å². The van der Waals surface area contributed by atoms with Crippen LogP contribution in [0.15, 0.2) is 41.1 Å². The summed E-state index contributed by atoms with van der Waals surface area (Å²) in [6.07, 6.45) is 5.31. The number of nitrogens with zero attached hydrogens (tertiary/aromatic N) is 4. The van der Waals surface area contributed by atoms with E-state index in [9.17, 15) is 4.79 Å². The van der Waals surface area contributed by atoms with E-state index in [1.807, 2.05) is 12.1 Å². The molecule has 1 fully saturated rings. The number of carbonyl (C=O) groups excluding carboxylic acids is 1. The van der Waals surface area contributed by atoms with E-state index in [4.69, 9.17) is 14.3 Å². The van der Waals surface area contributed by atoms with Gasteiger partial charge in [-0.05, 0) is 31.0 Å². The number of aliphatic hydroxyl groups excluding tert-OH is 1. The lowest BCUT2D eigenvalue weighted by atomic mass is 10.2. The summed E-state index contributed by atoms with van der Waals surface area (Å²) in [5.74, 6) is 1.80. The first-order valence-electron chi connectivity index (χ1n) is 10.2. The number of amides is 1. The molecule has 160 valence electrons. The van der Waals surface area contributed by atoms with Gasteiger partial charge in [-0.25, -0.2) is 14.5 Å². The van der Waals surface area contributed by atoms with Gasteiger partial charge in [0.05, 0.1) is 17.6 Å². The highest BCUT2D eigenvalue weighted by Gasteiger charge is 2.21. The van der Waals surface area contributed by atoms with Gasteiger partial charge in [0.2, 0.25) is 11.8 Å². The zero-order valence-electron chi connectivity index (χ0n) is 16.7. The molecule has 0 spiro atoms. The van der Waals surface area contributed by atoms with Crippen molar-refractivity contribution in [3.05, 3.63) is 36.7 Å². The first-order chi connectivity index (χ1) is 15.2. The second-order valence-corrected chi connectivity index (χ2v) is 7.39. The highest BCUT2D eigenvalue weighted by Crippen LogP contribution is 2.31. The molecule has 0 bridgehead atoms. The van der Waals surface area contributed by atoms with E-state index in [1.54, 1.807) is 29.0 Å². The van der Waals surface area contributed by atoms with Gasteiger partial charge in [-0.3, -0.25) is 4.79 Å². The predicted octanol–water partition coefficient (Wildman–Crippen LogP) is 1.99. The summed E-state index contributed by atoms with van der Waals surface area (Å²) in [4.78, 5) is 20.1. The third kappa shape index (κ3) is 3.89. The molecule has 4 aromatic rings. The van der Waals surface area contributed by atoms with Crippen molar-refractivity contribution in [3.63, 3.8) is 0 Å². The third-order valence-electron chi connectivity index (χ3n) is 5.18. The standard InChI is InChI=1S/C21H22N6O4/c28-9-1-7-22-21-14-10-17(31-16(14)6-8-23-21)15-11-24-18-3-5-20(26-27(15)18)30-12-13-2-4-19(29)25-13/h3,5-6,8,10-11,13,28H,1-2,4,7,9,12H2,(H,22,23)(H,25,29). The second-order valence-electron chi connectivity index (χ2n) is 7.39. The minimum absolute atomic E-state index is 0.00637. The molecule has 1 aliphatic heterocycles. The fourth-order valence-electron chi connectivity index (χ4n) is 3.61. The fraction of sp³-hybridized carbons (Fsp3) is 0.333. The Hall–Kier alpha value is -3.66. The Morgan fingerprint density at radius 2 is 2.26 bits per heavy atom. The number of furan rings is 1. The molecule has 10 heteroatoms. The Balaban J connectivity index is 1.42. The number of nitrogens with one attached hydrogen (secondary N) is 2. The molecule has 5 heterocycles. The molecule has 1 amide bonds. The van der Waals surface area contributed by atoms with Crippen molar-refractivity contribution in [3.8, 4) is 17.3 Å². The first-order valence-corrected chi connectivity index (χ1v) is 10.2. The first kappa shape index (κ1) is 19.3. The van der Waals surface area contributed by atoms with Gasteiger partial charge >= 0.3 is 0 Å². The van der Waals surface area contributed by atoms with E-state index < -0.39 is 0 Å². The molecule has 0 aromatic carbocycles. The quantitative estimate of drug-likeness (QED) is 0.368. The summed E-state index contributed by atoms with van der Waals surface area (Å²) in [5.41, 5.74) is 2.04. The lowest BCUT2D eigenvalue weighted by Crippen LogP contribution is -2.31. The van der Waals surface area contributed by atoms with Crippen molar-refractivity contribution < 1.29 is 19.1 Å². The minimum Gasteiger partial charge on any atom is -0.474 e. The fourth-order valence-corrected chi connectivity index (χ4v) is 3.61. The van der Waals surface area contributed by atoms with Crippen LogP contribution >= 0.6 is 0 Å².